The molecule has 0 radical (unpaired) electrons. The molecule has 0 aliphatic heterocycles. The molecule has 0 bridgehead atoms. The Balaban J connectivity index is 1.97. The van der Waals surface area contributed by atoms with E-state index in [1.54, 1.807) is 18.2 Å². The minimum atomic E-state index is -0.294. The van der Waals surface area contributed by atoms with E-state index in [0.717, 1.165) is 37.3 Å². The monoisotopic (exact) mass is 350 g/mol. The number of rotatable bonds is 5. The third-order valence-electron chi connectivity index (χ3n) is 5.30. The van der Waals surface area contributed by atoms with E-state index in [2.05, 4.69) is 31.3 Å². The highest BCUT2D eigenvalue weighted by molar-refractivity contribution is 6.31. The third kappa shape index (κ3) is 4.50. The molecule has 2 rings (SSSR count). The zero-order valence-corrected chi connectivity index (χ0v) is 15.7. The maximum atomic E-state index is 12.3. The molecule has 0 atom stereocenters. The summed E-state index contributed by atoms with van der Waals surface area (Å²) in [6.07, 6.45) is 5.35. The van der Waals surface area contributed by atoms with Crippen LogP contribution in [0.4, 0.5) is 0 Å². The summed E-state index contributed by atoms with van der Waals surface area (Å²) >= 11 is 5.97. The lowest BCUT2D eigenvalue weighted by atomic mass is 9.69. The van der Waals surface area contributed by atoms with Gasteiger partial charge >= 0.3 is 0 Å². The van der Waals surface area contributed by atoms with Gasteiger partial charge in [-0.1, -0.05) is 38.8 Å². The molecular formula is C19H27ClN2O2. The van der Waals surface area contributed by atoms with Gasteiger partial charge in [0, 0.05) is 10.7 Å². The average molecular weight is 351 g/mol. The quantitative estimate of drug-likeness (QED) is 0.754. The predicted molar refractivity (Wildman–Crippen MR) is 98.9 cm³/mol. The predicted octanol–water partition coefficient (Wildman–Crippen LogP) is 5.06. The first-order valence-electron chi connectivity index (χ1n) is 8.56. The summed E-state index contributed by atoms with van der Waals surface area (Å²) in [5.74, 6) is 0.925. The second-order valence-electron chi connectivity index (χ2n) is 7.08. The lowest BCUT2D eigenvalue weighted by Gasteiger charge is -2.36. The van der Waals surface area contributed by atoms with Crippen molar-refractivity contribution in [1.82, 2.24) is 5.43 Å². The maximum absolute atomic E-state index is 12.3. The van der Waals surface area contributed by atoms with E-state index in [4.69, 9.17) is 16.3 Å². The van der Waals surface area contributed by atoms with Crippen LogP contribution in [0.2, 0.25) is 5.02 Å². The molecule has 1 fully saturated rings. The number of carbonyl (C=O) groups is 1. The minimum Gasteiger partial charge on any atom is -0.496 e. The summed E-state index contributed by atoms with van der Waals surface area (Å²) in [7, 11) is 1.53. The molecule has 5 heteroatoms. The number of hydrazone groups is 1. The summed E-state index contributed by atoms with van der Waals surface area (Å²) in [5.41, 5.74) is 4.49. The van der Waals surface area contributed by atoms with E-state index < -0.39 is 0 Å². The molecule has 1 saturated carbocycles. The molecule has 1 aliphatic carbocycles. The highest BCUT2D eigenvalue weighted by Crippen LogP contribution is 2.39. The lowest BCUT2D eigenvalue weighted by molar-refractivity contribution is 0.0951. The highest BCUT2D eigenvalue weighted by atomic mass is 35.5. The average Bonchev–Trinajstić information content (AvgIpc) is 2.60. The standard InChI is InChI=1S/C19H27ClN2O2/c1-5-19(2,3)13-6-9-15(10-7-13)21-22-18(23)16-12-14(20)8-11-17(16)24-4/h8,11-13H,5-7,9-10H2,1-4H3,(H,22,23). The van der Waals surface area contributed by atoms with E-state index in [9.17, 15) is 4.79 Å². The Labute approximate surface area is 149 Å². The van der Waals surface area contributed by atoms with Crippen LogP contribution in [0, 0.1) is 11.3 Å². The Morgan fingerprint density at radius 2 is 2.04 bits per heavy atom. The van der Waals surface area contributed by atoms with Gasteiger partial charge in [0.1, 0.15) is 5.75 Å². The number of halogens is 1. The molecule has 0 heterocycles. The molecule has 1 aromatic carbocycles. The first kappa shape index (κ1) is 18.8. The number of carbonyl (C=O) groups excluding carboxylic acids is 1. The molecule has 0 saturated heterocycles. The van der Waals surface area contributed by atoms with Crippen LogP contribution in [0.25, 0.3) is 0 Å². The third-order valence-corrected chi connectivity index (χ3v) is 5.54. The van der Waals surface area contributed by atoms with Gasteiger partial charge in [0.15, 0.2) is 0 Å². The molecule has 132 valence electrons. The second-order valence-corrected chi connectivity index (χ2v) is 7.52. The van der Waals surface area contributed by atoms with Crippen molar-refractivity contribution in [3.63, 3.8) is 0 Å². The molecule has 4 nitrogen and oxygen atoms in total. The number of benzene rings is 1. The Bertz CT molecular complexity index is 616. The Kier molecular flexibility index (Phi) is 6.27. The van der Waals surface area contributed by atoms with Crippen LogP contribution in [0.1, 0.15) is 63.2 Å². The van der Waals surface area contributed by atoms with Crippen LogP contribution in [-0.2, 0) is 0 Å². The number of hydrogen-bond acceptors (Lipinski definition) is 3. The molecule has 1 aromatic rings. The zero-order chi connectivity index (χ0) is 17.7. The van der Waals surface area contributed by atoms with Crippen LogP contribution >= 0.6 is 11.6 Å². The van der Waals surface area contributed by atoms with Crippen LogP contribution in [0.15, 0.2) is 23.3 Å². The minimum absolute atomic E-state index is 0.294. The van der Waals surface area contributed by atoms with Crippen LogP contribution in [0.5, 0.6) is 5.75 Å². The topological polar surface area (TPSA) is 50.7 Å². The molecule has 24 heavy (non-hydrogen) atoms. The van der Waals surface area contributed by atoms with Crippen molar-refractivity contribution in [3.05, 3.63) is 28.8 Å². The molecule has 1 aliphatic rings. The van der Waals surface area contributed by atoms with Gasteiger partial charge in [0.2, 0.25) is 0 Å². The lowest BCUT2D eigenvalue weighted by Crippen LogP contribution is -2.29. The van der Waals surface area contributed by atoms with Crippen molar-refractivity contribution in [2.75, 3.05) is 7.11 Å². The molecule has 0 unspecified atom stereocenters. The van der Waals surface area contributed by atoms with E-state index in [1.807, 2.05) is 0 Å². The first-order chi connectivity index (χ1) is 11.4. The van der Waals surface area contributed by atoms with Crippen LogP contribution in [0.3, 0.4) is 0 Å². The largest absolute Gasteiger partial charge is 0.496 e. The number of methoxy groups -OCH3 is 1. The van der Waals surface area contributed by atoms with E-state index in [1.165, 1.54) is 13.5 Å². The van der Waals surface area contributed by atoms with Crippen molar-refractivity contribution < 1.29 is 9.53 Å². The maximum Gasteiger partial charge on any atom is 0.275 e. The first-order valence-corrected chi connectivity index (χ1v) is 8.94. The smallest absolute Gasteiger partial charge is 0.275 e. The van der Waals surface area contributed by atoms with Crippen LogP contribution in [-0.4, -0.2) is 18.7 Å². The van der Waals surface area contributed by atoms with Crippen molar-refractivity contribution in [2.45, 2.75) is 52.9 Å². The fourth-order valence-corrected chi connectivity index (χ4v) is 3.35. The number of ether oxygens (including phenoxy) is 1. The van der Waals surface area contributed by atoms with Gasteiger partial charge in [0.25, 0.3) is 5.91 Å². The Morgan fingerprint density at radius 3 is 2.62 bits per heavy atom. The van der Waals surface area contributed by atoms with Crippen molar-refractivity contribution in [2.24, 2.45) is 16.4 Å². The molecular weight excluding hydrogens is 324 g/mol. The normalized spacial score (nSPS) is 18.2. The number of amides is 1. The fourth-order valence-electron chi connectivity index (χ4n) is 3.18. The number of nitrogens with one attached hydrogen (secondary N) is 1. The molecule has 1 amide bonds. The summed E-state index contributed by atoms with van der Waals surface area (Å²) < 4.78 is 5.21. The van der Waals surface area contributed by atoms with E-state index >= 15 is 0 Å². The molecule has 0 spiro atoms. The summed E-state index contributed by atoms with van der Waals surface area (Å²) in [5, 5.41) is 4.82. The summed E-state index contributed by atoms with van der Waals surface area (Å²) in [6, 6.07) is 4.97. The highest BCUT2D eigenvalue weighted by Gasteiger charge is 2.30. The molecule has 0 aromatic heterocycles. The van der Waals surface area contributed by atoms with Gasteiger partial charge in [-0.05, 0) is 55.2 Å². The van der Waals surface area contributed by atoms with E-state index in [-0.39, 0.29) is 5.91 Å². The Morgan fingerprint density at radius 1 is 1.38 bits per heavy atom. The van der Waals surface area contributed by atoms with Crippen molar-refractivity contribution in [3.8, 4) is 5.75 Å². The van der Waals surface area contributed by atoms with Gasteiger partial charge in [-0.2, -0.15) is 5.10 Å². The van der Waals surface area contributed by atoms with Gasteiger partial charge in [-0.25, -0.2) is 5.43 Å². The van der Waals surface area contributed by atoms with Gasteiger partial charge in [0.05, 0.1) is 12.7 Å². The molecule has 1 N–H and O–H groups in total. The van der Waals surface area contributed by atoms with Gasteiger partial charge in [-0.3, -0.25) is 4.79 Å². The van der Waals surface area contributed by atoms with Crippen molar-refractivity contribution >= 4 is 23.2 Å². The second kappa shape index (κ2) is 8.02. The summed E-state index contributed by atoms with van der Waals surface area (Å²) in [4.78, 5) is 12.3. The van der Waals surface area contributed by atoms with Gasteiger partial charge in [-0.15, -0.1) is 0 Å². The Hall–Kier alpha value is -1.55. The van der Waals surface area contributed by atoms with Gasteiger partial charge < -0.3 is 4.74 Å². The van der Waals surface area contributed by atoms with Crippen molar-refractivity contribution in [1.29, 1.82) is 0 Å². The number of nitrogens with zero attached hydrogens (tertiary/aromatic N) is 1. The summed E-state index contributed by atoms with van der Waals surface area (Å²) in [6.45, 7) is 6.93. The van der Waals surface area contributed by atoms with E-state index in [0.29, 0.717) is 21.8 Å². The van der Waals surface area contributed by atoms with Crippen LogP contribution < -0.4 is 10.2 Å². The fraction of sp³-hybridized carbons (Fsp3) is 0.579. The number of hydrogen-bond donors (Lipinski definition) is 1. The zero-order valence-electron chi connectivity index (χ0n) is 15.0. The SMILES string of the molecule is CCC(C)(C)C1CCC(=NNC(=O)c2cc(Cl)ccc2OC)CC1.